The Labute approximate surface area is 133 Å². The molecule has 0 saturated heterocycles. The van der Waals surface area contributed by atoms with Crippen LogP contribution in [0.25, 0.3) is 5.65 Å². The lowest BCUT2D eigenvalue weighted by Gasteiger charge is -2.07. The average molecular weight is 362 g/mol. The van der Waals surface area contributed by atoms with Gasteiger partial charge in [0.05, 0.1) is 6.54 Å². The average Bonchev–Trinajstić information content (AvgIpc) is 2.92. The van der Waals surface area contributed by atoms with Gasteiger partial charge in [0, 0.05) is 22.9 Å². The Bertz CT molecular complexity index is 886. The van der Waals surface area contributed by atoms with E-state index in [1.807, 2.05) is 24.4 Å². The van der Waals surface area contributed by atoms with E-state index in [4.69, 9.17) is 0 Å². The lowest BCUT2D eigenvalue weighted by Crippen LogP contribution is -2.32. The molecule has 3 heterocycles. The zero-order chi connectivity index (χ0) is 15.5. The minimum absolute atomic E-state index is 0.0466. The first-order valence-electron chi connectivity index (χ1n) is 6.55. The van der Waals surface area contributed by atoms with Crippen molar-refractivity contribution in [2.45, 2.75) is 13.1 Å². The van der Waals surface area contributed by atoms with Crippen molar-refractivity contribution in [2.24, 2.45) is 0 Å². The zero-order valence-electron chi connectivity index (χ0n) is 11.4. The van der Waals surface area contributed by atoms with Crippen LogP contribution in [0.2, 0.25) is 0 Å². The number of halogens is 1. The molecule has 0 radical (unpaired) electrons. The maximum absolute atomic E-state index is 12.0. The van der Waals surface area contributed by atoms with E-state index in [9.17, 15) is 9.59 Å². The fraction of sp³-hybridized carbons (Fsp3) is 0.143. The van der Waals surface area contributed by atoms with E-state index in [1.165, 1.54) is 10.6 Å². The van der Waals surface area contributed by atoms with Gasteiger partial charge in [-0.1, -0.05) is 6.07 Å². The lowest BCUT2D eigenvalue weighted by molar-refractivity contribution is -0.121. The van der Waals surface area contributed by atoms with Crippen molar-refractivity contribution in [3.05, 3.63) is 63.4 Å². The van der Waals surface area contributed by atoms with Gasteiger partial charge < -0.3 is 9.88 Å². The lowest BCUT2D eigenvalue weighted by atomic mass is 10.4. The molecule has 0 atom stereocenters. The van der Waals surface area contributed by atoms with Gasteiger partial charge in [0.1, 0.15) is 6.54 Å². The van der Waals surface area contributed by atoms with Crippen LogP contribution in [-0.2, 0) is 17.9 Å². The third kappa shape index (κ3) is 3.06. The molecule has 112 valence electrons. The van der Waals surface area contributed by atoms with E-state index in [0.29, 0.717) is 5.82 Å². The molecule has 0 fully saturated rings. The van der Waals surface area contributed by atoms with E-state index < -0.39 is 0 Å². The van der Waals surface area contributed by atoms with Crippen LogP contribution in [0.5, 0.6) is 0 Å². The predicted molar refractivity (Wildman–Crippen MR) is 83.2 cm³/mol. The summed E-state index contributed by atoms with van der Waals surface area (Å²) in [5, 5.41) is 10.8. The first kappa shape index (κ1) is 14.5. The molecule has 0 aliphatic heterocycles. The first-order valence-corrected chi connectivity index (χ1v) is 7.34. The number of rotatable bonds is 4. The Balaban J connectivity index is 1.67. The molecule has 3 aromatic heterocycles. The molecule has 0 aliphatic rings. The van der Waals surface area contributed by atoms with Gasteiger partial charge in [0.15, 0.2) is 11.5 Å². The number of carbonyl (C=O) groups is 1. The van der Waals surface area contributed by atoms with Crippen LogP contribution in [0.4, 0.5) is 0 Å². The van der Waals surface area contributed by atoms with Gasteiger partial charge in [-0.2, -0.15) is 0 Å². The Morgan fingerprint density at radius 1 is 1.23 bits per heavy atom. The number of hydrogen-bond donors (Lipinski definition) is 1. The normalized spacial score (nSPS) is 10.8. The van der Waals surface area contributed by atoms with E-state index in [1.54, 1.807) is 16.7 Å². The highest BCUT2D eigenvalue weighted by Crippen LogP contribution is 2.05. The van der Waals surface area contributed by atoms with Crippen LogP contribution in [0, 0.1) is 0 Å². The third-order valence-corrected chi connectivity index (χ3v) is 3.56. The molecule has 0 aliphatic carbocycles. The van der Waals surface area contributed by atoms with Crippen LogP contribution in [-0.4, -0.2) is 25.1 Å². The van der Waals surface area contributed by atoms with Gasteiger partial charge in [-0.3, -0.25) is 14.0 Å². The zero-order valence-corrected chi connectivity index (χ0v) is 13.0. The standard InChI is InChI=1S/C14H12BrN5O2/c15-10-4-5-14(22)19(8-10)9-13(21)16-7-12-18-17-11-3-1-2-6-20(11)12/h1-6,8H,7,9H2,(H,16,21). The van der Waals surface area contributed by atoms with Gasteiger partial charge >= 0.3 is 0 Å². The summed E-state index contributed by atoms with van der Waals surface area (Å²) in [7, 11) is 0. The highest BCUT2D eigenvalue weighted by molar-refractivity contribution is 9.10. The van der Waals surface area contributed by atoms with Gasteiger partial charge in [-0.05, 0) is 34.1 Å². The smallest absolute Gasteiger partial charge is 0.251 e. The Kier molecular flexibility index (Phi) is 4.01. The van der Waals surface area contributed by atoms with Crippen molar-refractivity contribution in [3.8, 4) is 0 Å². The molecule has 3 aromatic rings. The van der Waals surface area contributed by atoms with Gasteiger partial charge in [-0.15, -0.1) is 10.2 Å². The highest BCUT2D eigenvalue weighted by Gasteiger charge is 2.08. The summed E-state index contributed by atoms with van der Waals surface area (Å²) in [6.45, 7) is 0.196. The molecular formula is C14H12BrN5O2. The molecule has 1 N–H and O–H groups in total. The van der Waals surface area contributed by atoms with Crippen molar-refractivity contribution >= 4 is 27.5 Å². The topological polar surface area (TPSA) is 81.3 Å². The number of amides is 1. The van der Waals surface area contributed by atoms with Crippen LogP contribution in [0.3, 0.4) is 0 Å². The van der Waals surface area contributed by atoms with Gasteiger partial charge in [-0.25, -0.2) is 0 Å². The Morgan fingerprint density at radius 3 is 2.95 bits per heavy atom. The maximum Gasteiger partial charge on any atom is 0.251 e. The quantitative estimate of drug-likeness (QED) is 0.750. The molecule has 8 heteroatoms. The number of nitrogens with zero attached hydrogens (tertiary/aromatic N) is 4. The summed E-state index contributed by atoms with van der Waals surface area (Å²) in [4.78, 5) is 23.6. The summed E-state index contributed by atoms with van der Waals surface area (Å²) in [5.41, 5.74) is 0.487. The van der Waals surface area contributed by atoms with Crippen LogP contribution >= 0.6 is 15.9 Å². The summed E-state index contributed by atoms with van der Waals surface area (Å²) >= 11 is 3.27. The number of fused-ring (bicyclic) bond motifs is 1. The van der Waals surface area contributed by atoms with Crippen molar-refractivity contribution in [1.82, 2.24) is 24.5 Å². The van der Waals surface area contributed by atoms with Crippen LogP contribution in [0.1, 0.15) is 5.82 Å². The summed E-state index contributed by atoms with van der Waals surface area (Å²) in [6.07, 6.45) is 3.41. The number of nitrogens with one attached hydrogen (secondary N) is 1. The van der Waals surface area contributed by atoms with Crippen molar-refractivity contribution in [2.75, 3.05) is 0 Å². The highest BCUT2D eigenvalue weighted by atomic mass is 79.9. The summed E-state index contributed by atoms with van der Waals surface area (Å²) < 4.78 is 3.87. The molecule has 7 nitrogen and oxygen atoms in total. The molecule has 1 amide bonds. The summed E-state index contributed by atoms with van der Waals surface area (Å²) in [5.74, 6) is 0.360. The van der Waals surface area contributed by atoms with Gasteiger partial charge in [0.25, 0.3) is 5.56 Å². The van der Waals surface area contributed by atoms with Crippen LogP contribution in [0.15, 0.2) is 52.0 Å². The van der Waals surface area contributed by atoms with Crippen molar-refractivity contribution < 1.29 is 4.79 Å². The largest absolute Gasteiger partial charge is 0.347 e. The fourth-order valence-electron chi connectivity index (χ4n) is 2.03. The number of pyridine rings is 2. The van der Waals surface area contributed by atoms with Crippen LogP contribution < -0.4 is 10.9 Å². The molecular weight excluding hydrogens is 350 g/mol. The monoisotopic (exact) mass is 361 g/mol. The molecule has 22 heavy (non-hydrogen) atoms. The first-order chi connectivity index (χ1) is 10.6. The Morgan fingerprint density at radius 2 is 2.09 bits per heavy atom. The maximum atomic E-state index is 12.0. The molecule has 0 unspecified atom stereocenters. The van der Waals surface area contributed by atoms with E-state index >= 15 is 0 Å². The van der Waals surface area contributed by atoms with E-state index in [0.717, 1.165) is 10.1 Å². The van der Waals surface area contributed by atoms with Crippen molar-refractivity contribution in [3.63, 3.8) is 0 Å². The fourth-order valence-corrected chi connectivity index (χ4v) is 2.40. The van der Waals surface area contributed by atoms with E-state index in [2.05, 4.69) is 31.4 Å². The van der Waals surface area contributed by atoms with E-state index in [-0.39, 0.29) is 24.6 Å². The summed E-state index contributed by atoms with van der Waals surface area (Å²) in [6, 6.07) is 8.61. The molecule has 0 bridgehead atoms. The number of hydrogen-bond acceptors (Lipinski definition) is 4. The second-order valence-electron chi connectivity index (χ2n) is 4.64. The Hall–Kier alpha value is -2.48. The van der Waals surface area contributed by atoms with Gasteiger partial charge in [0.2, 0.25) is 5.91 Å². The minimum atomic E-state index is -0.270. The molecule has 0 spiro atoms. The molecule has 0 aromatic carbocycles. The predicted octanol–water partition coefficient (Wildman–Crippen LogP) is 0.970. The SMILES string of the molecule is O=C(Cn1cc(Br)ccc1=O)NCc1nnc2ccccn12. The molecule has 0 saturated carbocycles. The second-order valence-corrected chi connectivity index (χ2v) is 5.55. The van der Waals surface area contributed by atoms with Crippen molar-refractivity contribution in [1.29, 1.82) is 0 Å². The minimum Gasteiger partial charge on any atom is -0.347 e. The number of aromatic nitrogens is 4. The molecule has 3 rings (SSSR count). The third-order valence-electron chi connectivity index (χ3n) is 3.09. The second kappa shape index (κ2) is 6.10. The number of carbonyl (C=O) groups excluding carboxylic acids is 1.